The molecule has 1 aromatic heterocycles. The molecule has 2 rings (SSSR count). The number of hydrogen-bond acceptors (Lipinski definition) is 6. The van der Waals surface area contributed by atoms with Crippen LogP contribution in [-0.2, 0) is 0 Å². The molecule has 1 amide bonds. The molecule has 1 aromatic carbocycles. The molecule has 0 spiro atoms. The van der Waals surface area contributed by atoms with E-state index < -0.39 is 11.6 Å². The Labute approximate surface area is 101 Å². The zero-order chi connectivity index (χ0) is 13.1. The number of nitrogen functional groups attached to an aromatic ring is 1. The number of nitrogens with zero attached hydrogens (tertiary/aromatic N) is 2. The molecule has 5 N–H and O–H groups in total. The minimum absolute atomic E-state index is 0.0472. The standard InChI is InChI=1S/C10H9N5O3/c11-8-13-9(15-10(18)14-8)12-7(17)5-2-1-3-6(16)4-5/h1-4,16H,(H4,11,12,13,14,15,17,18). The SMILES string of the molecule is Nc1nc(NC(=O)c2cccc(O)c2)nc(=O)[nH]1. The number of phenolic OH excluding ortho intramolecular Hbond substituents is 1. The fraction of sp³-hybridized carbons (Fsp3) is 0. The molecule has 18 heavy (non-hydrogen) atoms. The number of anilines is 2. The number of nitrogens with one attached hydrogen (secondary N) is 2. The normalized spacial score (nSPS) is 10.0. The van der Waals surface area contributed by atoms with Crippen molar-refractivity contribution in [2.24, 2.45) is 0 Å². The van der Waals surface area contributed by atoms with Gasteiger partial charge in [-0.3, -0.25) is 15.1 Å². The molecule has 0 aliphatic rings. The van der Waals surface area contributed by atoms with Crippen LogP contribution in [0.15, 0.2) is 29.1 Å². The van der Waals surface area contributed by atoms with Crippen molar-refractivity contribution >= 4 is 17.8 Å². The molecular weight excluding hydrogens is 238 g/mol. The monoisotopic (exact) mass is 247 g/mol. The predicted octanol–water partition coefficient (Wildman–Crippen LogP) is -0.295. The molecule has 8 nitrogen and oxygen atoms in total. The van der Waals surface area contributed by atoms with Gasteiger partial charge >= 0.3 is 5.69 Å². The Morgan fingerprint density at radius 3 is 2.83 bits per heavy atom. The summed E-state index contributed by atoms with van der Waals surface area (Å²) in [6, 6.07) is 5.70. The number of carbonyl (C=O) groups is 1. The van der Waals surface area contributed by atoms with E-state index in [1.807, 2.05) is 0 Å². The lowest BCUT2D eigenvalue weighted by molar-refractivity contribution is 0.102. The van der Waals surface area contributed by atoms with Crippen molar-refractivity contribution < 1.29 is 9.90 Å². The number of H-pyrrole nitrogens is 1. The Bertz CT molecular complexity index is 652. The second-order valence-electron chi connectivity index (χ2n) is 3.37. The van der Waals surface area contributed by atoms with E-state index in [0.29, 0.717) is 0 Å². The third-order valence-electron chi connectivity index (χ3n) is 2.00. The van der Waals surface area contributed by atoms with Crippen LogP contribution < -0.4 is 16.7 Å². The maximum atomic E-state index is 11.7. The van der Waals surface area contributed by atoms with Crippen LogP contribution in [0.25, 0.3) is 0 Å². The van der Waals surface area contributed by atoms with Crippen LogP contribution in [0, 0.1) is 0 Å². The van der Waals surface area contributed by atoms with Gasteiger partial charge in [-0.25, -0.2) is 4.79 Å². The van der Waals surface area contributed by atoms with Gasteiger partial charge in [0, 0.05) is 5.56 Å². The van der Waals surface area contributed by atoms with Crippen molar-refractivity contribution in [3.63, 3.8) is 0 Å². The first-order chi connectivity index (χ1) is 8.54. The van der Waals surface area contributed by atoms with Crippen molar-refractivity contribution in [1.82, 2.24) is 15.0 Å². The summed E-state index contributed by atoms with van der Waals surface area (Å²) in [5.41, 5.74) is 4.79. The van der Waals surface area contributed by atoms with Gasteiger partial charge in [0.05, 0.1) is 0 Å². The summed E-state index contributed by atoms with van der Waals surface area (Å²) in [6.07, 6.45) is 0. The Hall–Kier alpha value is -2.90. The lowest BCUT2D eigenvalue weighted by atomic mass is 10.2. The predicted molar refractivity (Wildman–Crippen MR) is 63.1 cm³/mol. The van der Waals surface area contributed by atoms with Crippen LogP contribution in [-0.4, -0.2) is 26.0 Å². The first kappa shape index (κ1) is 11.6. The molecule has 0 saturated heterocycles. The van der Waals surface area contributed by atoms with Gasteiger partial charge in [-0.1, -0.05) is 6.07 Å². The molecule has 2 aromatic rings. The number of phenols is 1. The number of rotatable bonds is 2. The molecule has 0 radical (unpaired) electrons. The zero-order valence-corrected chi connectivity index (χ0v) is 9.04. The summed E-state index contributed by atoms with van der Waals surface area (Å²) in [5, 5.41) is 11.5. The smallest absolute Gasteiger partial charge is 0.350 e. The van der Waals surface area contributed by atoms with Crippen LogP contribution in [0.3, 0.4) is 0 Å². The number of aromatic nitrogens is 3. The van der Waals surface area contributed by atoms with E-state index >= 15 is 0 Å². The lowest BCUT2D eigenvalue weighted by Crippen LogP contribution is -2.21. The summed E-state index contributed by atoms with van der Waals surface area (Å²) in [5.74, 6) is -0.962. The average molecular weight is 247 g/mol. The van der Waals surface area contributed by atoms with Gasteiger partial charge in [0.15, 0.2) is 0 Å². The van der Waals surface area contributed by atoms with Crippen molar-refractivity contribution in [2.75, 3.05) is 11.1 Å². The fourth-order valence-corrected chi connectivity index (χ4v) is 1.28. The molecule has 0 saturated carbocycles. The van der Waals surface area contributed by atoms with Crippen LogP contribution in [0.1, 0.15) is 10.4 Å². The summed E-state index contributed by atoms with van der Waals surface area (Å²) in [7, 11) is 0. The summed E-state index contributed by atoms with van der Waals surface area (Å²) in [6.45, 7) is 0. The molecular formula is C10H9N5O3. The Kier molecular flexibility index (Phi) is 2.92. The fourth-order valence-electron chi connectivity index (χ4n) is 1.28. The highest BCUT2D eigenvalue weighted by molar-refractivity contribution is 6.03. The molecule has 0 aliphatic carbocycles. The van der Waals surface area contributed by atoms with Crippen LogP contribution in [0.2, 0.25) is 0 Å². The quantitative estimate of drug-likeness (QED) is 0.575. The van der Waals surface area contributed by atoms with Crippen LogP contribution >= 0.6 is 0 Å². The Morgan fingerprint density at radius 2 is 2.17 bits per heavy atom. The van der Waals surface area contributed by atoms with E-state index in [2.05, 4.69) is 20.3 Å². The van der Waals surface area contributed by atoms with Crippen molar-refractivity contribution in [2.45, 2.75) is 0 Å². The number of aromatic hydroxyl groups is 1. The Morgan fingerprint density at radius 1 is 1.39 bits per heavy atom. The molecule has 92 valence electrons. The Balaban J connectivity index is 2.24. The maximum absolute atomic E-state index is 11.7. The third kappa shape index (κ3) is 2.61. The van der Waals surface area contributed by atoms with Crippen LogP contribution in [0.4, 0.5) is 11.9 Å². The molecule has 0 aliphatic heterocycles. The van der Waals surface area contributed by atoms with E-state index in [0.717, 1.165) is 0 Å². The first-order valence-electron chi connectivity index (χ1n) is 4.89. The molecule has 0 bridgehead atoms. The summed E-state index contributed by atoms with van der Waals surface area (Å²) in [4.78, 5) is 31.9. The largest absolute Gasteiger partial charge is 0.508 e. The third-order valence-corrected chi connectivity index (χ3v) is 2.00. The van der Waals surface area contributed by atoms with Gasteiger partial charge in [0.1, 0.15) is 5.75 Å². The number of benzene rings is 1. The van der Waals surface area contributed by atoms with Gasteiger partial charge < -0.3 is 10.8 Å². The van der Waals surface area contributed by atoms with Crippen molar-refractivity contribution in [3.05, 3.63) is 40.3 Å². The van der Waals surface area contributed by atoms with E-state index in [1.54, 1.807) is 0 Å². The van der Waals surface area contributed by atoms with Gasteiger partial charge in [-0.2, -0.15) is 9.97 Å². The average Bonchev–Trinajstić information content (AvgIpc) is 2.27. The van der Waals surface area contributed by atoms with Gasteiger partial charge in [0.25, 0.3) is 5.91 Å². The minimum Gasteiger partial charge on any atom is -0.508 e. The van der Waals surface area contributed by atoms with E-state index in [1.165, 1.54) is 24.3 Å². The highest BCUT2D eigenvalue weighted by Gasteiger charge is 2.09. The van der Waals surface area contributed by atoms with E-state index in [9.17, 15) is 14.7 Å². The highest BCUT2D eigenvalue weighted by atomic mass is 16.3. The number of aromatic amines is 1. The van der Waals surface area contributed by atoms with Gasteiger partial charge in [0.2, 0.25) is 11.9 Å². The number of carbonyl (C=O) groups excluding carboxylic acids is 1. The second-order valence-corrected chi connectivity index (χ2v) is 3.37. The molecule has 8 heteroatoms. The molecule has 0 unspecified atom stereocenters. The first-order valence-corrected chi connectivity index (χ1v) is 4.89. The maximum Gasteiger partial charge on any atom is 0.350 e. The van der Waals surface area contributed by atoms with Gasteiger partial charge in [-0.05, 0) is 18.2 Å². The topological polar surface area (TPSA) is 134 Å². The molecule has 0 atom stereocenters. The van der Waals surface area contributed by atoms with Gasteiger partial charge in [-0.15, -0.1) is 0 Å². The van der Waals surface area contributed by atoms with E-state index in [4.69, 9.17) is 5.73 Å². The van der Waals surface area contributed by atoms with Crippen LogP contribution in [0.5, 0.6) is 5.75 Å². The number of amides is 1. The van der Waals surface area contributed by atoms with Crippen molar-refractivity contribution in [1.29, 1.82) is 0 Å². The number of nitrogens with two attached hydrogens (primary N) is 1. The summed E-state index contributed by atoms with van der Waals surface area (Å²) >= 11 is 0. The van der Waals surface area contributed by atoms with E-state index in [-0.39, 0.29) is 23.2 Å². The lowest BCUT2D eigenvalue weighted by Gasteiger charge is -2.03. The second kappa shape index (κ2) is 4.53. The van der Waals surface area contributed by atoms with Crippen molar-refractivity contribution in [3.8, 4) is 5.75 Å². The molecule has 0 fully saturated rings. The molecule has 1 heterocycles. The highest BCUT2D eigenvalue weighted by Crippen LogP contribution is 2.11. The number of hydrogen-bond donors (Lipinski definition) is 4. The summed E-state index contributed by atoms with van der Waals surface area (Å²) < 4.78 is 0. The minimum atomic E-state index is -0.714. The zero-order valence-electron chi connectivity index (χ0n) is 9.04.